The van der Waals surface area contributed by atoms with Crippen LogP contribution in [0.25, 0.3) is 0 Å². The molecule has 10 atom stereocenters. The maximum atomic E-state index is 15.3. The van der Waals surface area contributed by atoms with E-state index in [4.69, 9.17) is 4.74 Å². The second-order valence-corrected chi connectivity index (χ2v) is 20.3. The zero-order chi connectivity index (χ0) is 37.2. The van der Waals surface area contributed by atoms with E-state index in [9.17, 15) is 14.7 Å². The van der Waals surface area contributed by atoms with Crippen molar-refractivity contribution in [2.24, 2.45) is 0 Å². The molecule has 3 N–H and O–H groups in total. The summed E-state index contributed by atoms with van der Waals surface area (Å²) in [6.45, 7) is 5.61. The van der Waals surface area contributed by atoms with E-state index in [1.165, 1.54) is 53.0 Å². The third-order valence-electron chi connectivity index (χ3n) is 13.4. The Balaban J connectivity index is 1.36. The van der Waals surface area contributed by atoms with E-state index in [1.807, 2.05) is 69.3 Å². The van der Waals surface area contributed by atoms with Crippen LogP contribution < -0.4 is 10.6 Å². The Hall–Kier alpha value is -3.25. The molecule has 13 nitrogen and oxygen atoms in total. The van der Waals surface area contributed by atoms with Crippen LogP contribution in [0.5, 0.6) is 0 Å². The molecule has 10 aliphatic rings. The van der Waals surface area contributed by atoms with E-state index in [-0.39, 0.29) is 24.1 Å². The molecule has 12 rings (SSSR count). The molecule has 53 heavy (non-hydrogen) atoms. The zero-order valence-corrected chi connectivity index (χ0v) is 32.8. The Kier molecular flexibility index (Phi) is 6.80. The van der Waals surface area contributed by atoms with Crippen LogP contribution in [0.4, 0.5) is 11.4 Å². The zero-order valence-electron chi connectivity index (χ0n) is 29.6. The molecule has 0 saturated carbocycles. The number of benzene rings is 2. The van der Waals surface area contributed by atoms with Crippen LogP contribution in [0.1, 0.15) is 57.6 Å². The van der Waals surface area contributed by atoms with Gasteiger partial charge < -0.3 is 30.3 Å². The van der Waals surface area contributed by atoms with Gasteiger partial charge in [0.05, 0.1) is 10.8 Å². The molecule has 8 fully saturated rings. The van der Waals surface area contributed by atoms with Crippen molar-refractivity contribution in [3.05, 3.63) is 59.7 Å². The number of fused-ring (bicyclic) bond motifs is 11. The summed E-state index contributed by atoms with van der Waals surface area (Å²) in [4.78, 5) is 74.9. The van der Waals surface area contributed by atoms with Crippen LogP contribution in [-0.4, -0.2) is 112 Å². The number of likely N-dealkylation sites (N-methyl/N-ethyl adjacent to an activating group) is 2. The first-order valence-electron chi connectivity index (χ1n) is 18.0. The van der Waals surface area contributed by atoms with E-state index in [0.29, 0.717) is 41.8 Å². The average molecular weight is 795 g/mol. The summed E-state index contributed by atoms with van der Waals surface area (Å²) in [5.74, 6) is -1.98. The van der Waals surface area contributed by atoms with Crippen molar-refractivity contribution in [3.63, 3.8) is 0 Å². The van der Waals surface area contributed by atoms with Crippen molar-refractivity contribution >= 4 is 84.1 Å². The number of carbonyl (C=O) groups excluding carboxylic acids is 5. The number of ether oxygens (including phenoxy) is 1. The predicted molar refractivity (Wildman–Crippen MR) is 203 cm³/mol. The van der Waals surface area contributed by atoms with E-state index in [2.05, 4.69) is 10.6 Å². The molecule has 0 unspecified atom stereocenters. The number of carbonyl (C=O) groups is 5. The van der Waals surface area contributed by atoms with Gasteiger partial charge in [-0.05, 0) is 64.1 Å². The monoisotopic (exact) mass is 794 g/mol. The van der Waals surface area contributed by atoms with Crippen LogP contribution in [0.3, 0.4) is 0 Å². The Morgan fingerprint density at radius 1 is 0.717 bits per heavy atom. The van der Waals surface area contributed by atoms with Crippen LogP contribution in [0, 0.1) is 0 Å². The summed E-state index contributed by atoms with van der Waals surface area (Å²) in [5, 5.41) is 20.9. The number of amides is 4. The van der Waals surface area contributed by atoms with Crippen molar-refractivity contribution in [2.45, 2.75) is 101 Å². The van der Waals surface area contributed by atoms with E-state index in [1.54, 1.807) is 23.9 Å². The van der Waals surface area contributed by atoms with Gasteiger partial charge in [-0.2, -0.15) is 0 Å². The van der Waals surface area contributed by atoms with Gasteiger partial charge in [0.2, 0.25) is 9.74 Å². The van der Waals surface area contributed by atoms with Gasteiger partial charge in [-0.25, -0.2) is 0 Å². The maximum Gasteiger partial charge on any atom is 0.306 e. The SMILES string of the molecule is CCCC(=O)O[C@H]1[C@]2([C@@]34c5ccccc5N[C@@H]3N3C(=O)[C@]5(CC)SS[C@]3(C(=O)N5C)[C@H]4O)c3ccccc3N[C@@H]2N2C(=O)[C@]3(CC)SS[C@]12C(=O)N3C. The fourth-order valence-corrected chi connectivity index (χ4v) is 19.0. The number of nitrogens with one attached hydrogen (secondary N) is 2. The molecule has 4 bridgehead atoms. The Morgan fingerprint density at radius 3 is 1.74 bits per heavy atom. The lowest BCUT2D eigenvalue weighted by Gasteiger charge is -2.59. The normalized spacial score (nSPS) is 42.2. The predicted octanol–water partition coefficient (Wildman–Crippen LogP) is 3.46. The lowest BCUT2D eigenvalue weighted by molar-refractivity contribution is -0.173. The molecule has 17 heteroatoms. The van der Waals surface area contributed by atoms with Crippen LogP contribution >= 0.6 is 43.2 Å². The first kappa shape index (κ1) is 34.3. The van der Waals surface area contributed by atoms with Gasteiger partial charge in [-0.3, -0.25) is 33.8 Å². The minimum absolute atomic E-state index is 0.0498. The number of aliphatic hydroxyl groups is 1. The molecule has 2 aromatic carbocycles. The maximum absolute atomic E-state index is 15.3. The Morgan fingerprint density at radius 2 is 1.19 bits per heavy atom. The summed E-state index contributed by atoms with van der Waals surface area (Å²) in [5.41, 5.74) is -0.818. The highest BCUT2D eigenvalue weighted by Gasteiger charge is 2.94. The van der Waals surface area contributed by atoms with Crippen LogP contribution in [0.15, 0.2) is 48.5 Å². The van der Waals surface area contributed by atoms with Gasteiger partial charge in [0, 0.05) is 31.9 Å². The summed E-state index contributed by atoms with van der Waals surface area (Å²) in [6.07, 6.45) is -3.94. The molecule has 10 heterocycles. The molecule has 278 valence electrons. The molecule has 8 saturated heterocycles. The summed E-state index contributed by atoms with van der Waals surface area (Å²) in [7, 11) is 8.25. The lowest BCUT2D eigenvalue weighted by atomic mass is 9.52. The fraction of sp³-hybridized carbons (Fsp3) is 0.528. The summed E-state index contributed by atoms with van der Waals surface area (Å²) in [6, 6.07) is 15.0. The van der Waals surface area contributed by atoms with E-state index >= 15 is 14.4 Å². The molecule has 0 aromatic heterocycles. The van der Waals surface area contributed by atoms with Crippen LogP contribution in [0.2, 0.25) is 0 Å². The topological polar surface area (TPSA) is 152 Å². The minimum atomic E-state index is -1.80. The van der Waals surface area contributed by atoms with Gasteiger partial charge in [-0.1, -0.05) is 78.8 Å². The third kappa shape index (κ3) is 3.19. The number of anilines is 2. The van der Waals surface area contributed by atoms with Crippen molar-refractivity contribution in [2.75, 3.05) is 24.7 Å². The van der Waals surface area contributed by atoms with Gasteiger partial charge in [-0.15, -0.1) is 0 Å². The van der Waals surface area contributed by atoms with E-state index in [0.717, 1.165) is 0 Å². The highest BCUT2D eigenvalue weighted by Crippen LogP contribution is 2.79. The number of aliphatic hydroxyl groups excluding tert-OH is 1. The number of hydrogen-bond acceptors (Lipinski definition) is 13. The second-order valence-electron chi connectivity index (χ2n) is 15.0. The number of para-hydroxylation sites is 2. The van der Waals surface area contributed by atoms with Crippen molar-refractivity contribution in [1.82, 2.24) is 19.6 Å². The van der Waals surface area contributed by atoms with Crippen molar-refractivity contribution in [3.8, 4) is 0 Å². The first-order chi connectivity index (χ1) is 25.4. The molecule has 0 aliphatic carbocycles. The summed E-state index contributed by atoms with van der Waals surface area (Å²) < 4.78 is 6.77. The largest absolute Gasteiger partial charge is 0.457 e. The minimum Gasteiger partial charge on any atom is -0.457 e. The van der Waals surface area contributed by atoms with Crippen molar-refractivity contribution in [1.29, 1.82) is 0 Å². The third-order valence-corrected chi connectivity index (χ3v) is 20.9. The van der Waals surface area contributed by atoms with Gasteiger partial charge in [0.25, 0.3) is 23.6 Å². The number of nitrogens with zero attached hydrogens (tertiary/aromatic N) is 4. The lowest BCUT2D eigenvalue weighted by Crippen LogP contribution is -2.78. The second kappa shape index (κ2) is 10.5. The molecule has 0 radical (unpaired) electrons. The van der Waals surface area contributed by atoms with Gasteiger partial charge in [0.1, 0.15) is 18.4 Å². The fourth-order valence-electron chi connectivity index (χ4n) is 11.1. The standard InChI is InChI=1S/C36H38N6O7S4/c1-6-13-22(43)49-24-34(19-15-10-12-17-21(19)38-26(34)42-28(46)32(8-3)40(5)30(48)36(24,42)53-51-32)33-18-14-9-11-16-20(18)37-25(33)41-27(45)31(7-2)39(4)29(47)35(41,23(33)44)52-50-31/h9-12,14-17,23-26,37-38,44H,6-8,13H2,1-5H3/t23-,24-,25+,26+,31-,32-,33+,34+,35-,36-/m0/s1. The molecular weight excluding hydrogens is 757 g/mol. The van der Waals surface area contributed by atoms with Crippen LogP contribution in [-0.2, 0) is 39.5 Å². The molecule has 2 aromatic rings. The summed E-state index contributed by atoms with van der Waals surface area (Å²) >= 11 is 0. The van der Waals surface area contributed by atoms with Crippen molar-refractivity contribution < 1.29 is 33.8 Å². The first-order valence-corrected chi connectivity index (χ1v) is 22.3. The molecule has 2 spiro atoms. The number of piperazine rings is 2. The average Bonchev–Trinajstić information content (AvgIpc) is 3.82. The highest BCUT2D eigenvalue weighted by atomic mass is 33.1. The highest BCUT2D eigenvalue weighted by molar-refractivity contribution is 8.78. The quantitative estimate of drug-likeness (QED) is 0.290. The van der Waals surface area contributed by atoms with E-state index < -0.39 is 66.7 Å². The van der Waals surface area contributed by atoms with Gasteiger partial charge in [0.15, 0.2) is 15.8 Å². The molecule has 10 aliphatic heterocycles. The molecule has 4 amide bonds. The Labute approximate surface area is 321 Å². The van der Waals surface area contributed by atoms with Gasteiger partial charge >= 0.3 is 5.97 Å². The molecular formula is C36H38N6O7S4. The smallest absolute Gasteiger partial charge is 0.306 e. The number of esters is 1. The number of hydrogen-bond donors (Lipinski definition) is 3. The Bertz CT molecular complexity index is 2100. The number of rotatable bonds is 6.